The summed E-state index contributed by atoms with van der Waals surface area (Å²) in [5.74, 6) is 0.126. The lowest BCUT2D eigenvalue weighted by atomic mass is 9.94. The number of carbonyl (C=O) groups is 3. The molecule has 2 heterocycles. The summed E-state index contributed by atoms with van der Waals surface area (Å²) in [6.45, 7) is 4.83. The summed E-state index contributed by atoms with van der Waals surface area (Å²) in [6, 6.07) is 19.2. The zero-order valence-corrected chi connectivity index (χ0v) is 21.5. The SMILES string of the molecule is C[C@H](O)[C@@H]1CCCN(C(=O)OCc2ccccc2)C1.O=C[C@@H]1CCCN(C(=O)OCc2ccccc2)C1. The summed E-state index contributed by atoms with van der Waals surface area (Å²) in [6.07, 6.45) is 3.58. The quantitative estimate of drug-likeness (QED) is 0.569. The van der Waals surface area contributed by atoms with Gasteiger partial charge in [-0.3, -0.25) is 0 Å². The Morgan fingerprint density at radius 2 is 1.35 bits per heavy atom. The van der Waals surface area contributed by atoms with Crippen molar-refractivity contribution < 1.29 is 29.0 Å². The number of aldehydes is 1. The molecule has 2 fully saturated rings. The van der Waals surface area contributed by atoms with Crippen LogP contribution in [0.2, 0.25) is 0 Å². The van der Waals surface area contributed by atoms with Crippen molar-refractivity contribution in [1.82, 2.24) is 9.80 Å². The van der Waals surface area contributed by atoms with Crippen molar-refractivity contribution in [2.24, 2.45) is 11.8 Å². The molecule has 8 heteroatoms. The summed E-state index contributed by atoms with van der Waals surface area (Å²) < 4.78 is 10.5. The maximum absolute atomic E-state index is 12.0. The molecule has 2 aromatic carbocycles. The lowest BCUT2D eigenvalue weighted by Gasteiger charge is -2.33. The molecule has 1 N–H and O–H groups in total. The van der Waals surface area contributed by atoms with Gasteiger partial charge in [-0.05, 0) is 43.7 Å². The van der Waals surface area contributed by atoms with E-state index in [1.165, 1.54) is 0 Å². The molecule has 2 aliphatic rings. The van der Waals surface area contributed by atoms with Gasteiger partial charge in [-0.2, -0.15) is 0 Å². The standard InChI is InChI=1S/C15H21NO3.C14H17NO3/c1-12(17)14-8-5-9-16(10-14)15(18)19-11-13-6-3-2-4-7-13;16-10-13-7-4-8-15(9-13)14(17)18-11-12-5-2-1-3-6-12/h2-4,6-7,12,14,17H,5,8-11H2,1H3;1-3,5-6,10,13H,4,7-9,11H2/t12-,14+;13-/m01/s1. The molecule has 0 unspecified atom stereocenters. The predicted molar refractivity (Wildman–Crippen MR) is 140 cm³/mol. The minimum atomic E-state index is -0.371. The van der Waals surface area contributed by atoms with Gasteiger partial charge in [0.15, 0.2) is 0 Å². The van der Waals surface area contributed by atoms with Crippen LogP contribution >= 0.6 is 0 Å². The molecule has 37 heavy (non-hydrogen) atoms. The highest BCUT2D eigenvalue weighted by atomic mass is 16.6. The molecule has 200 valence electrons. The number of rotatable bonds is 6. The number of hydrogen-bond acceptors (Lipinski definition) is 6. The molecule has 2 saturated heterocycles. The van der Waals surface area contributed by atoms with Gasteiger partial charge >= 0.3 is 12.2 Å². The van der Waals surface area contributed by atoms with Crippen LogP contribution in [0.5, 0.6) is 0 Å². The molecule has 8 nitrogen and oxygen atoms in total. The first kappa shape index (κ1) is 28.2. The molecular formula is C29H38N2O6. The van der Waals surface area contributed by atoms with Crippen LogP contribution in [0, 0.1) is 11.8 Å². The third-order valence-corrected chi connectivity index (χ3v) is 6.72. The molecule has 4 rings (SSSR count). The first-order chi connectivity index (χ1) is 18.0. The fourth-order valence-electron chi connectivity index (χ4n) is 4.48. The van der Waals surface area contributed by atoms with Gasteiger partial charge in [0.25, 0.3) is 0 Å². The third-order valence-electron chi connectivity index (χ3n) is 6.72. The van der Waals surface area contributed by atoms with Crippen molar-refractivity contribution >= 4 is 18.5 Å². The van der Waals surface area contributed by atoms with Crippen LogP contribution < -0.4 is 0 Å². The van der Waals surface area contributed by atoms with Crippen LogP contribution in [0.4, 0.5) is 9.59 Å². The molecule has 2 amide bonds. The number of aliphatic hydroxyl groups is 1. The molecular weight excluding hydrogens is 472 g/mol. The minimum Gasteiger partial charge on any atom is -0.445 e. The molecule has 0 bridgehead atoms. The van der Waals surface area contributed by atoms with E-state index in [-0.39, 0.29) is 36.7 Å². The number of piperidine rings is 2. The second-order valence-corrected chi connectivity index (χ2v) is 9.65. The van der Waals surface area contributed by atoms with E-state index in [1.807, 2.05) is 60.7 Å². The zero-order valence-electron chi connectivity index (χ0n) is 21.5. The Hall–Kier alpha value is -3.39. The molecule has 0 aromatic heterocycles. The van der Waals surface area contributed by atoms with Crippen LogP contribution in [0.1, 0.15) is 43.7 Å². The lowest BCUT2D eigenvalue weighted by molar-refractivity contribution is -0.112. The minimum absolute atomic E-state index is 0.0389. The Morgan fingerprint density at radius 3 is 1.84 bits per heavy atom. The van der Waals surface area contributed by atoms with Gasteiger partial charge in [0.2, 0.25) is 0 Å². The number of aliphatic hydroxyl groups excluding tert-OH is 1. The van der Waals surface area contributed by atoms with Crippen LogP contribution in [-0.2, 0) is 27.5 Å². The van der Waals surface area contributed by atoms with Crippen molar-refractivity contribution in [1.29, 1.82) is 0 Å². The first-order valence-corrected chi connectivity index (χ1v) is 13.0. The van der Waals surface area contributed by atoms with Crippen molar-refractivity contribution in [3.8, 4) is 0 Å². The van der Waals surface area contributed by atoms with Crippen molar-refractivity contribution in [3.63, 3.8) is 0 Å². The largest absolute Gasteiger partial charge is 0.445 e. The van der Waals surface area contributed by atoms with Crippen molar-refractivity contribution in [2.75, 3.05) is 26.2 Å². The summed E-state index contributed by atoms with van der Waals surface area (Å²) in [4.78, 5) is 37.8. The van der Waals surface area contributed by atoms with E-state index in [9.17, 15) is 19.5 Å². The molecule has 3 atom stereocenters. The molecule has 0 aliphatic carbocycles. The Kier molecular flexibility index (Phi) is 11.4. The predicted octanol–water partition coefficient (Wildman–Crippen LogP) is 4.65. The monoisotopic (exact) mass is 510 g/mol. The van der Waals surface area contributed by atoms with E-state index in [0.717, 1.165) is 49.6 Å². The number of amides is 2. The molecule has 2 aliphatic heterocycles. The average molecular weight is 511 g/mol. The number of carbonyl (C=O) groups excluding carboxylic acids is 3. The van der Waals surface area contributed by atoms with Gasteiger partial charge in [-0.15, -0.1) is 0 Å². The van der Waals surface area contributed by atoms with Crippen LogP contribution in [-0.4, -0.2) is 65.7 Å². The third kappa shape index (κ3) is 9.53. The number of hydrogen-bond donors (Lipinski definition) is 1. The van der Waals surface area contributed by atoms with Gasteiger partial charge in [0.1, 0.15) is 19.5 Å². The summed E-state index contributed by atoms with van der Waals surface area (Å²) in [5.41, 5.74) is 1.95. The van der Waals surface area contributed by atoms with E-state index in [2.05, 4.69) is 0 Å². The number of benzene rings is 2. The summed E-state index contributed by atoms with van der Waals surface area (Å²) in [5, 5.41) is 9.61. The van der Waals surface area contributed by atoms with E-state index < -0.39 is 0 Å². The second-order valence-electron chi connectivity index (χ2n) is 9.65. The Labute approximate surface area is 219 Å². The van der Waals surface area contributed by atoms with Gasteiger partial charge in [-0.25, -0.2) is 9.59 Å². The van der Waals surface area contributed by atoms with Crippen LogP contribution in [0.25, 0.3) is 0 Å². The van der Waals surface area contributed by atoms with Crippen LogP contribution in [0.15, 0.2) is 60.7 Å². The lowest BCUT2D eigenvalue weighted by Crippen LogP contribution is -2.43. The van der Waals surface area contributed by atoms with E-state index in [1.54, 1.807) is 16.7 Å². The van der Waals surface area contributed by atoms with Gasteiger partial charge < -0.3 is 29.2 Å². The van der Waals surface area contributed by atoms with E-state index >= 15 is 0 Å². The maximum atomic E-state index is 12.0. The van der Waals surface area contributed by atoms with Crippen LogP contribution in [0.3, 0.4) is 0 Å². The second kappa shape index (κ2) is 15.0. The number of likely N-dealkylation sites (tertiary alicyclic amines) is 2. The highest BCUT2D eigenvalue weighted by molar-refractivity contribution is 5.69. The van der Waals surface area contributed by atoms with Crippen molar-refractivity contribution in [3.05, 3.63) is 71.8 Å². The van der Waals surface area contributed by atoms with E-state index in [4.69, 9.17) is 9.47 Å². The highest BCUT2D eigenvalue weighted by Gasteiger charge is 2.27. The van der Waals surface area contributed by atoms with E-state index in [0.29, 0.717) is 26.2 Å². The topological polar surface area (TPSA) is 96.4 Å². The highest BCUT2D eigenvalue weighted by Crippen LogP contribution is 2.20. The summed E-state index contributed by atoms with van der Waals surface area (Å²) in [7, 11) is 0. The Bertz CT molecular complexity index is 969. The Morgan fingerprint density at radius 1 is 0.865 bits per heavy atom. The van der Waals surface area contributed by atoms with Crippen molar-refractivity contribution in [2.45, 2.75) is 51.9 Å². The first-order valence-electron chi connectivity index (χ1n) is 13.0. The molecule has 2 aromatic rings. The maximum Gasteiger partial charge on any atom is 0.410 e. The fourth-order valence-corrected chi connectivity index (χ4v) is 4.48. The fraction of sp³-hybridized carbons (Fsp3) is 0.483. The Balaban J connectivity index is 0.000000206. The molecule has 0 saturated carbocycles. The average Bonchev–Trinajstić information content (AvgIpc) is 2.96. The normalized spacial score (nSPS) is 20.2. The molecule has 0 radical (unpaired) electrons. The zero-order chi connectivity index (χ0) is 26.5. The van der Waals surface area contributed by atoms with Gasteiger partial charge in [-0.1, -0.05) is 60.7 Å². The van der Waals surface area contributed by atoms with Gasteiger partial charge in [0, 0.05) is 38.0 Å². The summed E-state index contributed by atoms with van der Waals surface area (Å²) >= 11 is 0. The smallest absolute Gasteiger partial charge is 0.410 e. The number of ether oxygens (including phenoxy) is 2. The number of nitrogens with zero attached hydrogens (tertiary/aromatic N) is 2. The molecule has 0 spiro atoms. The van der Waals surface area contributed by atoms with Gasteiger partial charge in [0.05, 0.1) is 6.10 Å².